The van der Waals surface area contributed by atoms with E-state index in [1.54, 1.807) is 53.8 Å². The number of nitrogens with one attached hydrogen (secondary N) is 4. The molecule has 1 aliphatic rings. The van der Waals surface area contributed by atoms with E-state index in [1.165, 1.54) is 82.8 Å². The predicted octanol–water partition coefficient (Wildman–Crippen LogP) is 3.08. The number of carbonyl (C=O) groups excluding carboxylic acids is 11. The molecule has 11 amide bonds. The highest BCUT2D eigenvalue weighted by Gasteiger charge is 2.46. The molecule has 25 heteroatoms. The maximum atomic E-state index is 15.4. The Balaban J connectivity index is 3.03. The standard InChI is InChI=1S/C67H116N12O13/c1-24-47-62(87)77(21)52(36-80)65(90)73(17)49(33-38(4)5)59(84)72-53(41(10)11)66(91)74(18)48(32-37(2)3)58(83)69-44(15)57(82)70-45(16)61(86)75(19)50(34-39(6)7)63(88)76(20)51(35-40(8)9)64(89)78(22)54(42(12)13)67(92)79(23)55(60(85)71-47)56(81)43(14)28-27-30-46-29-25-26-31-68-46/h25-26,29,31,37-45,47-56,80-81H,24,27-28,30,32-36H2,1-23H3,(H,69,83)(H,70,82)(H,71,85)(H,72,84)/t43-,44+,45-,47+,48+,49+,50+,51+,52-,53+,54+,55-,56-/m1/s1. The number of hydrogen-bond donors (Lipinski definition) is 6. The summed E-state index contributed by atoms with van der Waals surface area (Å²) in [7, 11) is 9.67. The average Bonchev–Trinajstić information content (AvgIpc) is 0.819. The maximum absolute atomic E-state index is 15.4. The van der Waals surface area contributed by atoms with Gasteiger partial charge in [0.1, 0.15) is 66.5 Å². The van der Waals surface area contributed by atoms with Crippen LogP contribution in [-0.4, -0.2) is 243 Å². The van der Waals surface area contributed by atoms with Gasteiger partial charge in [0.05, 0.1) is 12.7 Å². The molecule has 6 N–H and O–H groups in total. The van der Waals surface area contributed by atoms with Crippen LogP contribution in [0.5, 0.6) is 0 Å². The Hall–Kier alpha value is -6.76. The van der Waals surface area contributed by atoms with Crippen LogP contribution in [-0.2, 0) is 59.2 Å². The molecule has 1 aromatic heterocycles. The number of aliphatic hydroxyl groups is 2. The first kappa shape index (κ1) is 81.3. The van der Waals surface area contributed by atoms with E-state index in [4.69, 9.17) is 0 Å². The second-order valence-electron chi connectivity index (χ2n) is 27.9. The molecule has 0 radical (unpaired) electrons. The fourth-order valence-electron chi connectivity index (χ4n) is 11.8. The molecule has 2 heterocycles. The molecule has 92 heavy (non-hydrogen) atoms. The van der Waals surface area contributed by atoms with E-state index in [2.05, 4.69) is 26.3 Å². The van der Waals surface area contributed by atoms with Gasteiger partial charge in [0, 0.05) is 61.2 Å². The minimum absolute atomic E-state index is 0.0660. The molecule has 25 nitrogen and oxygen atoms in total. The van der Waals surface area contributed by atoms with Crippen LogP contribution in [0.3, 0.4) is 0 Å². The van der Waals surface area contributed by atoms with Gasteiger partial charge in [0.2, 0.25) is 65.0 Å². The van der Waals surface area contributed by atoms with E-state index in [0.717, 1.165) is 20.4 Å². The second kappa shape index (κ2) is 37.2. The van der Waals surface area contributed by atoms with Crippen LogP contribution in [0.15, 0.2) is 24.4 Å². The monoisotopic (exact) mass is 1300 g/mol. The molecule has 0 bridgehead atoms. The lowest BCUT2D eigenvalue weighted by Gasteiger charge is -2.41. The first-order valence-electron chi connectivity index (χ1n) is 33.0. The summed E-state index contributed by atoms with van der Waals surface area (Å²) in [4.78, 5) is 175. The van der Waals surface area contributed by atoms with Crippen LogP contribution >= 0.6 is 0 Å². The Labute approximate surface area is 548 Å². The van der Waals surface area contributed by atoms with Gasteiger partial charge in [-0.25, -0.2) is 0 Å². The van der Waals surface area contributed by atoms with Crippen LogP contribution in [0.4, 0.5) is 0 Å². The normalized spacial score (nSPS) is 26.4. The van der Waals surface area contributed by atoms with Gasteiger partial charge in [-0.2, -0.15) is 0 Å². The predicted molar refractivity (Wildman–Crippen MR) is 352 cm³/mol. The number of aryl methyl sites for hydroxylation is 1. The van der Waals surface area contributed by atoms with Crippen LogP contribution in [0.2, 0.25) is 0 Å². The number of aliphatic hydroxyl groups excluding tert-OH is 2. The van der Waals surface area contributed by atoms with Crippen LogP contribution < -0.4 is 21.3 Å². The van der Waals surface area contributed by atoms with Gasteiger partial charge < -0.3 is 65.8 Å². The highest BCUT2D eigenvalue weighted by atomic mass is 16.3. The zero-order valence-electron chi connectivity index (χ0n) is 59.6. The van der Waals surface area contributed by atoms with Crippen molar-refractivity contribution in [2.75, 3.05) is 55.9 Å². The number of rotatable bonds is 18. The maximum Gasteiger partial charge on any atom is 0.248 e. The van der Waals surface area contributed by atoms with E-state index >= 15 is 19.2 Å². The van der Waals surface area contributed by atoms with Crippen molar-refractivity contribution in [3.63, 3.8) is 0 Å². The minimum Gasteiger partial charge on any atom is -0.394 e. The van der Waals surface area contributed by atoms with Crippen molar-refractivity contribution < 1.29 is 63.0 Å². The molecule has 2 rings (SSSR count). The lowest BCUT2D eigenvalue weighted by Crippen LogP contribution is -2.64. The molecule has 13 atom stereocenters. The molecule has 522 valence electrons. The van der Waals surface area contributed by atoms with Crippen molar-refractivity contribution in [3.05, 3.63) is 30.1 Å². The van der Waals surface area contributed by atoms with Crippen molar-refractivity contribution in [2.45, 2.75) is 235 Å². The van der Waals surface area contributed by atoms with Gasteiger partial charge in [-0.3, -0.25) is 57.7 Å². The summed E-state index contributed by atoms with van der Waals surface area (Å²) in [6, 6.07) is -9.01. The number of nitrogens with zero attached hydrogens (tertiary/aromatic N) is 8. The molecule has 1 fully saturated rings. The second-order valence-corrected chi connectivity index (χ2v) is 27.9. The third-order valence-electron chi connectivity index (χ3n) is 17.6. The summed E-state index contributed by atoms with van der Waals surface area (Å²) in [6.45, 7) is 26.9. The number of hydrogen-bond acceptors (Lipinski definition) is 14. The minimum atomic E-state index is -1.69. The fraction of sp³-hybridized carbons (Fsp3) is 0.761. The number of amides is 11. The third kappa shape index (κ3) is 22.2. The SMILES string of the molecule is CC[C@@H]1NC(=O)[C@@H]([C@H](O)[C@H](C)CCCc2ccccn2)N(C)C(=O)[C@H](C(C)C)N(C)C(=O)[C@H](CC(C)C)N(C)C(=O)[C@H](CC(C)C)N(C)C(=O)[C@@H](C)NC(=O)[C@H](C)NC(=O)[C@H](CC(C)C)N(C)C(=O)[C@H](C(C)C)NC(=O)[C@H](CC(C)C)N(C)C(=O)[C@@H](CO)N(C)C1=O. The van der Waals surface area contributed by atoms with E-state index in [1.807, 2.05) is 67.5 Å². The number of aromatic nitrogens is 1. The fourth-order valence-corrected chi connectivity index (χ4v) is 11.8. The Bertz CT molecular complexity index is 2640. The van der Waals surface area contributed by atoms with Crippen molar-refractivity contribution in [3.8, 4) is 0 Å². The van der Waals surface area contributed by atoms with Crippen LogP contribution in [0.1, 0.15) is 161 Å². The van der Waals surface area contributed by atoms with Gasteiger partial charge in [0.25, 0.3) is 0 Å². The van der Waals surface area contributed by atoms with Crippen LogP contribution in [0, 0.1) is 41.4 Å². The Morgan fingerprint density at radius 3 is 1.34 bits per heavy atom. The van der Waals surface area contributed by atoms with Crippen molar-refractivity contribution in [2.24, 2.45) is 41.4 Å². The van der Waals surface area contributed by atoms with Gasteiger partial charge in [-0.15, -0.1) is 0 Å². The quantitative estimate of drug-likeness (QED) is 0.123. The summed E-state index contributed by atoms with van der Waals surface area (Å²) < 4.78 is 0. The molecule has 1 saturated heterocycles. The van der Waals surface area contributed by atoms with Crippen LogP contribution in [0.25, 0.3) is 0 Å². The lowest BCUT2D eigenvalue weighted by molar-refractivity contribution is -0.157. The van der Waals surface area contributed by atoms with Gasteiger partial charge in [-0.05, 0) is 119 Å². The molecule has 0 aliphatic carbocycles. The molecule has 1 aliphatic heterocycles. The lowest BCUT2D eigenvalue weighted by atomic mass is 9.90. The van der Waals surface area contributed by atoms with Gasteiger partial charge in [-0.1, -0.05) is 103 Å². The molecule has 0 unspecified atom stereocenters. The average molecular weight is 1300 g/mol. The summed E-state index contributed by atoms with van der Waals surface area (Å²) in [6.07, 6.45) is 1.94. The Kier molecular flexibility index (Phi) is 32.9. The molecule has 0 spiro atoms. The number of likely N-dealkylation sites (N-methyl/N-ethyl adjacent to an activating group) is 7. The van der Waals surface area contributed by atoms with E-state index < -0.39 is 162 Å². The molecular weight excluding hydrogens is 1180 g/mol. The molecule has 1 aromatic rings. The summed E-state index contributed by atoms with van der Waals surface area (Å²) in [5.41, 5.74) is 0.809. The number of carbonyl (C=O) groups is 11. The summed E-state index contributed by atoms with van der Waals surface area (Å²) in [5.74, 6) is -10.7. The van der Waals surface area contributed by atoms with Crippen molar-refractivity contribution >= 4 is 65.0 Å². The van der Waals surface area contributed by atoms with E-state index in [0.29, 0.717) is 19.3 Å². The van der Waals surface area contributed by atoms with Gasteiger partial charge in [0.15, 0.2) is 0 Å². The Morgan fingerprint density at radius 2 is 0.880 bits per heavy atom. The molecule has 0 saturated carbocycles. The first-order chi connectivity index (χ1) is 42.7. The van der Waals surface area contributed by atoms with E-state index in [9.17, 15) is 43.8 Å². The topological polar surface area (TPSA) is 312 Å². The van der Waals surface area contributed by atoms with Crippen molar-refractivity contribution in [1.82, 2.24) is 60.6 Å². The smallest absolute Gasteiger partial charge is 0.248 e. The highest BCUT2D eigenvalue weighted by molar-refractivity contribution is 6.00. The summed E-state index contributed by atoms with van der Waals surface area (Å²) >= 11 is 0. The van der Waals surface area contributed by atoms with E-state index in [-0.39, 0.29) is 55.8 Å². The zero-order chi connectivity index (χ0) is 70.7. The largest absolute Gasteiger partial charge is 0.394 e. The molecule has 0 aromatic carbocycles. The third-order valence-corrected chi connectivity index (χ3v) is 17.6. The highest BCUT2D eigenvalue weighted by Crippen LogP contribution is 2.26. The zero-order valence-corrected chi connectivity index (χ0v) is 59.6. The molecular formula is C67H116N12O13. The number of pyridine rings is 1. The van der Waals surface area contributed by atoms with Crippen molar-refractivity contribution in [1.29, 1.82) is 0 Å². The Morgan fingerprint density at radius 1 is 0.457 bits per heavy atom. The van der Waals surface area contributed by atoms with Gasteiger partial charge >= 0.3 is 0 Å². The first-order valence-corrected chi connectivity index (χ1v) is 33.0. The summed E-state index contributed by atoms with van der Waals surface area (Å²) in [5, 5.41) is 34.3.